The second-order valence-corrected chi connectivity index (χ2v) is 13.6. The second-order valence-electron chi connectivity index (χ2n) is 13.6. The van der Waals surface area contributed by atoms with E-state index in [1.54, 1.807) is 26.0 Å². The highest BCUT2D eigenvalue weighted by Crippen LogP contribution is 2.70. The molecule has 1 saturated heterocycles. The summed E-state index contributed by atoms with van der Waals surface area (Å²) in [4.78, 5) is 13.4. The van der Waals surface area contributed by atoms with Gasteiger partial charge in [0.25, 0.3) is 0 Å². The van der Waals surface area contributed by atoms with Gasteiger partial charge in [0, 0.05) is 28.6 Å². The molecule has 1 aliphatic heterocycles. The van der Waals surface area contributed by atoms with Crippen LogP contribution >= 0.6 is 0 Å². The van der Waals surface area contributed by atoms with Crippen molar-refractivity contribution in [3.63, 3.8) is 0 Å². The van der Waals surface area contributed by atoms with Crippen molar-refractivity contribution >= 4 is 17.7 Å². The normalized spacial score (nSPS) is 40.7. The summed E-state index contributed by atoms with van der Waals surface area (Å²) in [5.41, 5.74) is 1.19. The largest absolute Gasteiger partial charge is 0.393 e. The van der Waals surface area contributed by atoms with Crippen LogP contribution in [0.5, 0.6) is 0 Å². The van der Waals surface area contributed by atoms with Crippen molar-refractivity contribution in [2.24, 2.45) is 28.6 Å². The first kappa shape index (κ1) is 28.7. The Morgan fingerprint density at radius 2 is 2.00 bits per heavy atom. The first-order chi connectivity index (χ1) is 19.3. The van der Waals surface area contributed by atoms with Gasteiger partial charge in [-0.25, -0.2) is 4.39 Å². The van der Waals surface area contributed by atoms with Crippen molar-refractivity contribution in [1.82, 2.24) is 0 Å². The molecule has 4 aliphatic carbocycles. The first-order valence-electron chi connectivity index (χ1n) is 14.6. The average Bonchev–Trinajstić information content (AvgIpc) is 3.34. The minimum absolute atomic E-state index is 0.0638. The number of halogens is 1. The molecule has 2 unspecified atom stereocenters. The Balaban J connectivity index is 1.34. The number of aliphatic hydroxyl groups excluding tert-OH is 3. The number of fused-ring (bicyclic) bond motifs is 7. The van der Waals surface area contributed by atoms with Gasteiger partial charge < -0.3 is 35.5 Å². The Morgan fingerprint density at radius 1 is 1.24 bits per heavy atom. The molecule has 1 heterocycles. The lowest BCUT2D eigenvalue weighted by Gasteiger charge is -2.61. The Morgan fingerprint density at radius 3 is 2.68 bits per heavy atom. The second kappa shape index (κ2) is 9.54. The number of benzene rings is 1. The van der Waals surface area contributed by atoms with E-state index in [1.807, 2.05) is 6.92 Å². The molecule has 5 aliphatic rings. The number of Topliss-reactive ketones (excluding diaryl/α,β-unsaturated/α-hetero) is 1. The van der Waals surface area contributed by atoms with Gasteiger partial charge in [0.1, 0.15) is 12.4 Å². The zero-order valence-electron chi connectivity index (χ0n) is 24.2. The van der Waals surface area contributed by atoms with Gasteiger partial charge in [-0.05, 0) is 99.0 Å². The van der Waals surface area contributed by atoms with Gasteiger partial charge in [-0.15, -0.1) is 0 Å². The fraction of sp³-hybridized carbons (Fsp3) is 0.625. The summed E-state index contributed by atoms with van der Waals surface area (Å²) >= 11 is 0. The SMILES string of the molecule is CC1(C)O[C@@H]2CC3[C@@H]4CCC5=CC(Nc6ccc(F)c(CO)c6)=C(C=N)C[C@]5(C)C4[C@@H](O)C[C@]3(C)[C@]2(C(=O)CO)O1. The van der Waals surface area contributed by atoms with E-state index in [0.29, 0.717) is 24.9 Å². The lowest BCUT2D eigenvalue weighted by atomic mass is 9.45. The van der Waals surface area contributed by atoms with Gasteiger partial charge >= 0.3 is 0 Å². The van der Waals surface area contributed by atoms with Crippen molar-refractivity contribution in [2.75, 3.05) is 11.9 Å². The maximum atomic E-state index is 14.0. The van der Waals surface area contributed by atoms with Gasteiger partial charge in [-0.3, -0.25) is 4.79 Å². The Kier molecular flexibility index (Phi) is 6.67. The molecule has 8 atom stereocenters. The number of ketones is 1. The molecule has 6 rings (SSSR count). The van der Waals surface area contributed by atoms with Gasteiger partial charge in [0.2, 0.25) is 0 Å². The average molecular weight is 569 g/mol. The predicted octanol–water partition coefficient (Wildman–Crippen LogP) is 4.24. The lowest BCUT2D eigenvalue weighted by molar-refractivity contribution is -0.226. The summed E-state index contributed by atoms with van der Waals surface area (Å²) in [5.74, 6) is -1.72. The maximum absolute atomic E-state index is 14.0. The fourth-order valence-electron chi connectivity index (χ4n) is 9.59. The molecule has 41 heavy (non-hydrogen) atoms. The quantitative estimate of drug-likeness (QED) is 0.324. The van der Waals surface area contributed by atoms with Crippen LogP contribution in [0, 0.1) is 39.8 Å². The summed E-state index contributed by atoms with van der Waals surface area (Å²) in [7, 11) is 0. The summed E-state index contributed by atoms with van der Waals surface area (Å²) in [6, 6.07) is 4.51. The van der Waals surface area contributed by atoms with Gasteiger partial charge in [-0.1, -0.05) is 19.4 Å². The van der Waals surface area contributed by atoms with Crippen LogP contribution in [0.2, 0.25) is 0 Å². The van der Waals surface area contributed by atoms with Crippen LogP contribution < -0.4 is 5.32 Å². The van der Waals surface area contributed by atoms with Crippen molar-refractivity contribution in [3.8, 4) is 0 Å². The Bertz CT molecular complexity index is 1360. The van der Waals surface area contributed by atoms with E-state index in [0.717, 1.165) is 24.1 Å². The molecule has 0 bridgehead atoms. The monoisotopic (exact) mass is 568 g/mol. The number of anilines is 1. The highest BCUT2D eigenvalue weighted by Gasteiger charge is 2.76. The van der Waals surface area contributed by atoms with Crippen LogP contribution in [-0.2, 0) is 20.9 Å². The highest BCUT2D eigenvalue weighted by molar-refractivity contribution is 5.91. The van der Waals surface area contributed by atoms with E-state index in [4.69, 9.17) is 14.9 Å². The third-order valence-electron chi connectivity index (χ3n) is 11.1. The number of ether oxygens (including phenoxy) is 2. The van der Waals surface area contributed by atoms with E-state index in [1.165, 1.54) is 17.9 Å². The van der Waals surface area contributed by atoms with Crippen LogP contribution in [0.4, 0.5) is 10.1 Å². The van der Waals surface area contributed by atoms with Crippen molar-refractivity contribution in [2.45, 2.75) is 90.0 Å². The number of aliphatic hydroxyl groups is 3. The lowest BCUT2D eigenvalue weighted by Crippen LogP contribution is -2.64. The molecular weight excluding hydrogens is 527 g/mol. The maximum Gasteiger partial charge on any atom is 0.193 e. The highest BCUT2D eigenvalue weighted by atomic mass is 19.1. The van der Waals surface area contributed by atoms with Crippen LogP contribution in [0.15, 0.2) is 41.1 Å². The van der Waals surface area contributed by atoms with Crippen LogP contribution in [-0.4, -0.2) is 57.5 Å². The smallest absolute Gasteiger partial charge is 0.193 e. The number of allylic oxidation sites excluding steroid dienone is 3. The molecule has 3 saturated carbocycles. The molecule has 0 amide bonds. The van der Waals surface area contributed by atoms with Gasteiger partial charge in [-0.2, -0.15) is 0 Å². The Labute approximate surface area is 240 Å². The first-order valence-corrected chi connectivity index (χ1v) is 14.6. The van der Waals surface area contributed by atoms with Crippen molar-refractivity contribution in [3.05, 3.63) is 52.5 Å². The predicted molar refractivity (Wildman–Crippen MR) is 150 cm³/mol. The molecule has 4 fully saturated rings. The van der Waals surface area contributed by atoms with Crippen LogP contribution in [0.25, 0.3) is 0 Å². The topological polar surface area (TPSA) is 132 Å². The molecule has 8 nitrogen and oxygen atoms in total. The molecule has 0 radical (unpaired) electrons. The number of carbonyl (C=O) groups excluding carboxylic acids is 1. The van der Waals surface area contributed by atoms with Crippen LogP contribution in [0.3, 0.4) is 0 Å². The van der Waals surface area contributed by atoms with E-state index in [-0.39, 0.29) is 29.1 Å². The molecule has 1 aromatic rings. The molecule has 222 valence electrons. The standard InChI is InChI=1S/C32H41FN2O6/c1-29(2)40-27-11-22-21-7-5-19-10-24(35-20-6-8-23(33)17(9-20)15-36)18(14-34)12-30(19,3)28(21)25(38)13-31(22,4)32(27,41-29)26(39)16-37/h6,8-10,14,21-22,25,27-28,34-38H,5,7,11-13,15-16H2,1-4H3/t21-,22?,25-,27+,28?,30-,31-,32+/m0/s1. The number of nitrogens with one attached hydrogen (secondary N) is 2. The molecule has 0 spiro atoms. The van der Waals surface area contributed by atoms with E-state index >= 15 is 0 Å². The van der Waals surface area contributed by atoms with Crippen molar-refractivity contribution in [1.29, 1.82) is 5.41 Å². The zero-order valence-corrected chi connectivity index (χ0v) is 24.2. The number of rotatable bonds is 6. The van der Waals surface area contributed by atoms with Crippen LogP contribution in [0.1, 0.15) is 65.4 Å². The van der Waals surface area contributed by atoms with E-state index in [2.05, 4.69) is 18.3 Å². The number of hydrogen-bond donors (Lipinski definition) is 5. The summed E-state index contributed by atoms with van der Waals surface area (Å²) in [6.07, 6.45) is 5.42. The summed E-state index contributed by atoms with van der Waals surface area (Å²) in [5, 5.41) is 43.0. The minimum atomic E-state index is -1.30. The molecule has 1 aromatic carbocycles. The third-order valence-corrected chi connectivity index (χ3v) is 11.1. The summed E-state index contributed by atoms with van der Waals surface area (Å²) in [6.45, 7) is 6.78. The Hall–Kier alpha value is -2.43. The molecule has 9 heteroatoms. The number of carbonyl (C=O) groups is 1. The van der Waals surface area contributed by atoms with E-state index in [9.17, 15) is 24.5 Å². The zero-order chi connectivity index (χ0) is 29.5. The molecule has 0 aromatic heterocycles. The van der Waals surface area contributed by atoms with Gasteiger partial charge in [0.05, 0.1) is 18.8 Å². The van der Waals surface area contributed by atoms with Gasteiger partial charge in [0.15, 0.2) is 17.2 Å². The summed E-state index contributed by atoms with van der Waals surface area (Å²) < 4.78 is 26.7. The molecular formula is C32H41FN2O6. The molecule has 5 N–H and O–H groups in total. The minimum Gasteiger partial charge on any atom is -0.393 e. The van der Waals surface area contributed by atoms with Crippen molar-refractivity contribution < 1.29 is 34.0 Å². The third kappa shape index (κ3) is 3.96. The number of hydrogen-bond acceptors (Lipinski definition) is 8. The fourth-order valence-corrected chi connectivity index (χ4v) is 9.59. The van der Waals surface area contributed by atoms with E-state index < -0.39 is 53.5 Å².